The molecule has 1 heterocycles. The van der Waals surface area contributed by atoms with Gasteiger partial charge in [-0.25, -0.2) is 9.59 Å². The van der Waals surface area contributed by atoms with Gasteiger partial charge in [0.1, 0.15) is 0 Å². The molecule has 0 radical (unpaired) electrons. The zero-order valence-corrected chi connectivity index (χ0v) is 7.02. The molecule has 15 heavy (non-hydrogen) atoms. The number of nitrogens with zero attached hydrogens (tertiary/aromatic N) is 6. The van der Waals surface area contributed by atoms with Gasteiger partial charge in [-0.15, -0.1) is 4.90 Å². The molecule has 1 rings (SSSR count). The van der Waals surface area contributed by atoms with Gasteiger partial charge in [0, 0.05) is 0 Å². The van der Waals surface area contributed by atoms with Crippen molar-refractivity contribution in [1.82, 2.24) is 14.7 Å². The van der Waals surface area contributed by atoms with E-state index in [2.05, 4.69) is 0 Å². The number of hydrogen-bond acceptors (Lipinski definition) is 6. The Bertz CT molecular complexity index is 405. The maximum Gasteiger partial charge on any atom is 0.358 e. The van der Waals surface area contributed by atoms with Crippen molar-refractivity contribution >= 4 is 12.1 Å². The Balaban J connectivity index is 3.19. The number of nitriles is 3. The molecule has 0 spiro atoms. The predicted molar refractivity (Wildman–Crippen MR) is 39.2 cm³/mol. The van der Waals surface area contributed by atoms with Gasteiger partial charge in [-0.1, -0.05) is 0 Å². The number of rotatable bonds is 0. The number of aliphatic hydroxyl groups is 1. The first-order valence-corrected chi connectivity index (χ1v) is 3.42. The molecule has 1 N–H and O–H groups in total. The monoisotopic (exact) mass is 206 g/mol. The number of aliphatic hydroxyl groups excluding tert-OH is 1. The highest BCUT2D eigenvalue weighted by Gasteiger charge is 2.45. The smallest absolute Gasteiger partial charge is 0.355 e. The maximum atomic E-state index is 11.2. The van der Waals surface area contributed by atoms with Gasteiger partial charge in [-0.05, 0) is 0 Å². The lowest BCUT2D eigenvalue weighted by Crippen LogP contribution is -2.62. The second kappa shape index (κ2) is 3.50. The van der Waals surface area contributed by atoms with Crippen LogP contribution in [0.3, 0.4) is 0 Å². The third kappa shape index (κ3) is 1.27. The highest BCUT2D eigenvalue weighted by Crippen LogP contribution is 2.15. The fourth-order valence-corrected chi connectivity index (χ4v) is 0.885. The molecular weight excluding hydrogens is 204 g/mol. The molecule has 0 aromatic rings. The SMILES string of the molecule is N#CN1C(=O)N(C#N)C(O)N(C#N)C1=O. The van der Waals surface area contributed by atoms with Gasteiger partial charge in [0.25, 0.3) is 0 Å². The summed E-state index contributed by atoms with van der Waals surface area (Å²) in [6.07, 6.45) is 1.68. The molecule has 4 amide bonds. The maximum absolute atomic E-state index is 11.2. The number of carbonyl (C=O) groups is 2. The van der Waals surface area contributed by atoms with Gasteiger partial charge >= 0.3 is 12.1 Å². The van der Waals surface area contributed by atoms with Crippen LogP contribution >= 0.6 is 0 Å². The topological polar surface area (TPSA) is 135 Å². The molecule has 74 valence electrons. The normalized spacial score (nSPS) is 17.1. The summed E-state index contributed by atoms with van der Waals surface area (Å²) in [4.78, 5) is 22.5. The summed E-state index contributed by atoms with van der Waals surface area (Å²) in [6.45, 7) is 0. The lowest BCUT2D eigenvalue weighted by Gasteiger charge is -2.33. The molecule has 1 saturated heterocycles. The second-order valence-electron chi connectivity index (χ2n) is 2.29. The summed E-state index contributed by atoms with van der Waals surface area (Å²) in [5, 5.41) is 34.5. The third-order valence-corrected chi connectivity index (χ3v) is 1.57. The summed E-state index contributed by atoms with van der Waals surface area (Å²) in [5.74, 6) is 0. The van der Waals surface area contributed by atoms with Crippen molar-refractivity contribution in [2.45, 2.75) is 6.35 Å². The molecule has 0 saturated carbocycles. The van der Waals surface area contributed by atoms with E-state index >= 15 is 0 Å². The van der Waals surface area contributed by atoms with Crippen molar-refractivity contribution in [3.63, 3.8) is 0 Å². The molecule has 1 aliphatic rings. The molecule has 0 unspecified atom stereocenters. The van der Waals surface area contributed by atoms with E-state index in [0.29, 0.717) is 0 Å². The van der Waals surface area contributed by atoms with Crippen LogP contribution in [0, 0.1) is 34.4 Å². The first kappa shape index (κ1) is 10.3. The van der Waals surface area contributed by atoms with Crippen LogP contribution in [0.1, 0.15) is 0 Å². The fraction of sp³-hybridized carbons (Fsp3) is 0.167. The van der Waals surface area contributed by atoms with Crippen LogP contribution in [-0.2, 0) is 0 Å². The average molecular weight is 206 g/mol. The van der Waals surface area contributed by atoms with Gasteiger partial charge in [0.2, 0.25) is 6.35 Å². The van der Waals surface area contributed by atoms with Gasteiger partial charge in [0.15, 0.2) is 18.6 Å². The minimum atomic E-state index is -2.01. The standard InChI is InChI=1S/C6H2N6O3/c7-1-10-4(13)11(2-8)6(15)12(3-9)5(10)14/h4,13H. The Labute approximate surface area is 83.1 Å². The van der Waals surface area contributed by atoms with Gasteiger partial charge < -0.3 is 5.11 Å². The highest BCUT2D eigenvalue weighted by atomic mass is 16.3. The Morgan fingerprint density at radius 3 is 1.67 bits per heavy atom. The molecule has 1 aliphatic heterocycles. The fourth-order valence-electron chi connectivity index (χ4n) is 0.885. The Morgan fingerprint density at radius 1 is 1.00 bits per heavy atom. The van der Waals surface area contributed by atoms with Gasteiger partial charge in [0.05, 0.1) is 0 Å². The van der Waals surface area contributed by atoms with Crippen molar-refractivity contribution in [3.05, 3.63) is 0 Å². The number of carbonyl (C=O) groups excluding carboxylic acids is 2. The van der Waals surface area contributed by atoms with Crippen LogP contribution in [0.25, 0.3) is 0 Å². The van der Waals surface area contributed by atoms with Crippen LogP contribution in [0.15, 0.2) is 0 Å². The van der Waals surface area contributed by atoms with E-state index in [0.717, 1.165) is 0 Å². The van der Waals surface area contributed by atoms with E-state index in [4.69, 9.17) is 15.8 Å². The lowest BCUT2D eigenvalue weighted by molar-refractivity contribution is -0.0401. The minimum Gasteiger partial charge on any atom is -0.355 e. The summed E-state index contributed by atoms with van der Waals surface area (Å²) in [6, 6.07) is -2.60. The summed E-state index contributed by atoms with van der Waals surface area (Å²) in [5.41, 5.74) is 0. The number of urea groups is 2. The Kier molecular flexibility index (Phi) is 2.39. The van der Waals surface area contributed by atoms with E-state index in [9.17, 15) is 14.7 Å². The third-order valence-electron chi connectivity index (χ3n) is 1.57. The predicted octanol–water partition coefficient (Wildman–Crippen LogP) is -1.13. The van der Waals surface area contributed by atoms with E-state index in [1.807, 2.05) is 0 Å². The molecule has 0 aliphatic carbocycles. The molecule has 1 fully saturated rings. The largest absolute Gasteiger partial charge is 0.358 e. The Hall–Kier alpha value is -2.83. The molecular formula is C6H2N6O3. The molecule has 0 aromatic carbocycles. The van der Waals surface area contributed by atoms with E-state index in [-0.39, 0.29) is 14.7 Å². The van der Waals surface area contributed by atoms with E-state index in [1.54, 1.807) is 0 Å². The summed E-state index contributed by atoms with van der Waals surface area (Å²) >= 11 is 0. The molecule has 0 atom stereocenters. The van der Waals surface area contributed by atoms with Gasteiger partial charge in [-0.2, -0.15) is 25.6 Å². The van der Waals surface area contributed by atoms with Crippen LogP contribution in [0.5, 0.6) is 0 Å². The van der Waals surface area contributed by atoms with Crippen molar-refractivity contribution in [2.75, 3.05) is 0 Å². The van der Waals surface area contributed by atoms with Crippen molar-refractivity contribution in [2.24, 2.45) is 0 Å². The first-order valence-electron chi connectivity index (χ1n) is 3.42. The minimum absolute atomic E-state index is 0.0147. The van der Waals surface area contributed by atoms with Gasteiger partial charge in [-0.3, -0.25) is 0 Å². The number of hydrogen-bond donors (Lipinski definition) is 1. The van der Waals surface area contributed by atoms with Crippen LogP contribution < -0.4 is 0 Å². The van der Waals surface area contributed by atoms with E-state index < -0.39 is 18.4 Å². The number of amides is 4. The van der Waals surface area contributed by atoms with Crippen molar-refractivity contribution in [3.8, 4) is 18.6 Å². The Morgan fingerprint density at radius 2 is 1.40 bits per heavy atom. The zero-order valence-electron chi connectivity index (χ0n) is 7.02. The van der Waals surface area contributed by atoms with Crippen molar-refractivity contribution < 1.29 is 14.7 Å². The zero-order chi connectivity index (χ0) is 11.6. The molecule has 9 heteroatoms. The quantitative estimate of drug-likeness (QED) is 0.497. The summed E-state index contributed by atoms with van der Waals surface area (Å²) < 4.78 is 0. The molecule has 9 nitrogen and oxygen atoms in total. The van der Waals surface area contributed by atoms with Crippen molar-refractivity contribution in [1.29, 1.82) is 15.8 Å². The van der Waals surface area contributed by atoms with Crippen LogP contribution in [0.2, 0.25) is 0 Å². The highest BCUT2D eigenvalue weighted by molar-refractivity contribution is 5.98. The average Bonchev–Trinajstić information content (AvgIpc) is 2.19. The van der Waals surface area contributed by atoms with Crippen LogP contribution in [0.4, 0.5) is 9.59 Å². The molecule has 0 bridgehead atoms. The molecule has 0 aromatic heterocycles. The lowest BCUT2D eigenvalue weighted by atomic mass is 10.5. The summed E-state index contributed by atoms with van der Waals surface area (Å²) in [7, 11) is 0. The van der Waals surface area contributed by atoms with Crippen LogP contribution in [-0.4, -0.2) is 38.2 Å². The first-order chi connectivity index (χ1) is 7.08. The number of imide groups is 1. The second-order valence-corrected chi connectivity index (χ2v) is 2.29. The van der Waals surface area contributed by atoms with E-state index in [1.165, 1.54) is 18.6 Å².